The second-order valence-electron chi connectivity index (χ2n) is 5.42. The molecule has 0 heterocycles. The van der Waals surface area contributed by atoms with Crippen molar-refractivity contribution in [2.45, 2.75) is 19.9 Å². The van der Waals surface area contributed by atoms with Gasteiger partial charge in [-0.3, -0.25) is 4.90 Å². The molecule has 0 radical (unpaired) electrons. The molecule has 0 aromatic heterocycles. The quantitative estimate of drug-likeness (QED) is 0.854. The second kappa shape index (κ2) is 7.23. The molecular formula is C18H23FN2. The van der Waals surface area contributed by atoms with E-state index in [-0.39, 0.29) is 11.9 Å². The first-order chi connectivity index (χ1) is 10.1. The highest BCUT2D eigenvalue weighted by molar-refractivity contribution is 5.50. The summed E-state index contributed by atoms with van der Waals surface area (Å²) < 4.78 is 13.8. The van der Waals surface area contributed by atoms with E-state index < -0.39 is 0 Å². The van der Waals surface area contributed by atoms with Crippen LogP contribution in [0.2, 0.25) is 0 Å². The number of hydrogen-bond acceptors (Lipinski definition) is 2. The maximum atomic E-state index is 13.8. The Bertz CT molecular complexity index is 583. The number of hydrogen-bond donors (Lipinski definition) is 1. The average Bonchev–Trinajstić information content (AvgIpc) is 2.49. The van der Waals surface area contributed by atoms with Crippen molar-refractivity contribution in [3.63, 3.8) is 0 Å². The summed E-state index contributed by atoms with van der Waals surface area (Å²) in [6.45, 7) is 5.81. The van der Waals surface area contributed by atoms with E-state index in [2.05, 4.69) is 29.3 Å². The lowest BCUT2D eigenvalue weighted by atomic mass is 10.1. The highest BCUT2D eigenvalue weighted by Crippen LogP contribution is 2.21. The van der Waals surface area contributed by atoms with E-state index in [1.165, 1.54) is 11.6 Å². The summed E-state index contributed by atoms with van der Waals surface area (Å²) in [6, 6.07) is 15.3. The van der Waals surface area contributed by atoms with Gasteiger partial charge in [-0.05, 0) is 38.6 Å². The Morgan fingerprint density at radius 1 is 1.10 bits per heavy atom. The van der Waals surface area contributed by atoms with Crippen LogP contribution in [0, 0.1) is 12.7 Å². The number of aryl methyl sites for hydroxylation is 1. The fourth-order valence-electron chi connectivity index (χ4n) is 2.38. The molecule has 0 bridgehead atoms. The van der Waals surface area contributed by atoms with Crippen LogP contribution in [0.5, 0.6) is 0 Å². The van der Waals surface area contributed by atoms with Crippen molar-refractivity contribution in [3.8, 4) is 0 Å². The fraction of sp³-hybridized carbons (Fsp3) is 0.333. The van der Waals surface area contributed by atoms with E-state index >= 15 is 0 Å². The third-order valence-electron chi connectivity index (χ3n) is 3.94. The molecule has 0 aliphatic rings. The molecule has 1 N–H and O–H groups in total. The zero-order valence-corrected chi connectivity index (χ0v) is 12.9. The molecule has 0 amide bonds. The molecule has 1 atom stereocenters. The Morgan fingerprint density at radius 2 is 1.76 bits per heavy atom. The van der Waals surface area contributed by atoms with Crippen LogP contribution in [-0.4, -0.2) is 25.0 Å². The summed E-state index contributed by atoms with van der Waals surface area (Å²) in [7, 11) is 2.02. The first-order valence-corrected chi connectivity index (χ1v) is 7.33. The van der Waals surface area contributed by atoms with Gasteiger partial charge in [-0.15, -0.1) is 0 Å². The van der Waals surface area contributed by atoms with Crippen LogP contribution in [-0.2, 0) is 0 Å². The number of halogens is 1. The van der Waals surface area contributed by atoms with E-state index in [0.717, 1.165) is 24.3 Å². The SMILES string of the molecule is Cc1ccccc1NCCN(C)C(C)c1ccccc1F. The van der Waals surface area contributed by atoms with Crippen molar-refractivity contribution in [1.29, 1.82) is 0 Å². The summed E-state index contributed by atoms with van der Waals surface area (Å²) in [5, 5.41) is 3.43. The molecule has 2 aromatic carbocycles. The first kappa shape index (κ1) is 15.5. The van der Waals surface area contributed by atoms with Crippen molar-refractivity contribution in [2.24, 2.45) is 0 Å². The zero-order chi connectivity index (χ0) is 15.2. The van der Waals surface area contributed by atoms with E-state index in [1.54, 1.807) is 6.07 Å². The maximum Gasteiger partial charge on any atom is 0.127 e. The molecule has 2 rings (SSSR count). The fourth-order valence-corrected chi connectivity index (χ4v) is 2.38. The van der Waals surface area contributed by atoms with Crippen molar-refractivity contribution < 1.29 is 4.39 Å². The third kappa shape index (κ3) is 4.05. The lowest BCUT2D eigenvalue weighted by Gasteiger charge is -2.25. The molecule has 0 aliphatic carbocycles. The van der Waals surface area contributed by atoms with Crippen molar-refractivity contribution >= 4 is 5.69 Å². The minimum absolute atomic E-state index is 0.0601. The number of benzene rings is 2. The van der Waals surface area contributed by atoms with E-state index in [0.29, 0.717) is 0 Å². The average molecular weight is 286 g/mol. The van der Waals surface area contributed by atoms with Crippen molar-refractivity contribution in [2.75, 3.05) is 25.5 Å². The molecule has 0 fully saturated rings. The van der Waals surface area contributed by atoms with Gasteiger partial charge < -0.3 is 5.32 Å². The molecular weight excluding hydrogens is 263 g/mol. The number of nitrogens with one attached hydrogen (secondary N) is 1. The monoisotopic (exact) mass is 286 g/mol. The summed E-state index contributed by atoms with van der Waals surface area (Å²) in [5.41, 5.74) is 3.14. The number of para-hydroxylation sites is 1. The minimum Gasteiger partial charge on any atom is -0.384 e. The van der Waals surface area contributed by atoms with Crippen LogP contribution >= 0.6 is 0 Å². The van der Waals surface area contributed by atoms with Crippen molar-refractivity contribution in [1.82, 2.24) is 4.90 Å². The number of likely N-dealkylation sites (N-methyl/N-ethyl adjacent to an activating group) is 1. The van der Waals surface area contributed by atoms with Crippen LogP contribution in [0.3, 0.4) is 0 Å². The first-order valence-electron chi connectivity index (χ1n) is 7.33. The van der Waals surface area contributed by atoms with Crippen LogP contribution in [0.25, 0.3) is 0 Å². The van der Waals surface area contributed by atoms with Crippen LogP contribution in [0.4, 0.5) is 10.1 Å². The van der Waals surface area contributed by atoms with Gasteiger partial charge in [-0.1, -0.05) is 36.4 Å². The standard InChI is InChI=1S/C18H23FN2/c1-14-8-4-7-11-18(14)20-12-13-21(3)15(2)16-9-5-6-10-17(16)19/h4-11,15,20H,12-13H2,1-3H3. The van der Waals surface area contributed by atoms with Gasteiger partial charge in [0.2, 0.25) is 0 Å². The summed E-state index contributed by atoms with van der Waals surface area (Å²) in [5.74, 6) is -0.135. The molecule has 0 spiro atoms. The van der Waals surface area contributed by atoms with Crippen LogP contribution in [0.15, 0.2) is 48.5 Å². The predicted molar refractivity (Wildman–Crippen MR) is 87.1 cm³/mol. The van der Waals surface area contributed by atoms with Gasteiger partial charge >= 0.3 is 0 Å². The number of rotatable bonds is 6. The molecule has 112 valence electrons. The highest BCUT2D eigenvalue weighted by atomic mass is 19.1. The van der Waals surface area contributed by atoms with E-state index in [4.69, 9.17) is 0 Å². The molecule has 3 heteroatoms. The molecule has 2 nitrogen and oxygen atoms in total. The van der Waals surface area contributed by atoms with Gasteiger partial charge in [0, 0.05) is 30.4 Å². The van der Waals surface area contributed by atoms with Gasteiger partial charge in [0.15, 0.2) is 0 Å². The summed E-state index contributed by atoms with van der Waals surface area (Å²) in [4.78, 5) is 2.16. The highest BCUT2D eigenvalue weighted by Gasteiger charge is 2.14. The lowest BCUT2D eigenvalue weighted by Crippen LogP contribution is -2.28. The summed E-state index contributed by atoms with van der Waals surface area (Å²) >= 11 is 0. The predicted octanol–water partition coefficient (Wildman–Crippen LogP) is 4.24. The lowest BCUT2D eigenvalue weighted by molar-refractivity contribution is 0.266. The van der Waals surface area contributed by atoms with E-state index in [1.807, 2.05) is 38.2 Å². The van der Waals surface area contributed by atoms with Gasteiger partial charge in [-0.25, -0.2) is 4.39 Å². The molecule has 1 unspecified atom stereocenters. The van der Waals surface area contributed by atoms with Crippen LogP contribution < -0.4 is 5.32 Å². The number of anilines is 1. The minimum atomic E-state index is -0.135. The Hall–Kier alpha value is -1.87. The maximum absolute atomic E-state index is 13.8. The Balaban J connectivity index is 1.89. The summed E-state index contributed by atoms with van der Waals surface area (Å²) in [6.07, 6.45) is 0. The van der Waals surface area contributed by atoms with Crippen molar-refractivity contribution in [3.05, 3.63) is 65.5 Å². The molecule has 0 saturated heterocycles. The smallest absolute Gasteiger partial charge is 0.127 e. The van der Waals surface area contributed by atoms with Gasteiger partial charge in [-0.2, -0.15) is 0 Å². The molecule has 21 heavy (non-hydrogen) atoms. The molecule has 2 aromatic rings. The van der Waals surface area contributed by atoms with E-state index in [9.17, 15) is 4.39 Å². The largest absolute Gasteiger partial charge is 0.384 e. The molecule has 0 aliphatic heterocycles. The third-order valence-corrected chi connectivity index (χ3v) is 3.94. The van der Waals surface area contributed by atoms with Gasteiger partial charge in [0.05, 0.1) is 0 Å². The van der Waals surface area contributed by atoms with Crippen LogP contribution in [0.1, 0.15) is 24.1 Å². The van der Waals surface area contributed by atoms with Gasteiger partial charge in [0.1, 0.15) is 5.82 Å². The molecule has 0 saturated carbocycles. The Kier molecular flexibility index (Phi) is 5.34. The zero-order valence-electron chi connectivity index (χ0n) is 12.9. The topological polar surface area (TPSA) is 15.3 Å². The second-order valence-corrected chi connectivity index (χ2v) is 5.42. The normalized spacial score (nSPS) is 12.4. The van der Waals surface area contributed by atoms with Gasteiger partial charge in [0.25, 0.3) is 0 Å². The Morgan fingerprint density at radius 3 is 2.48 bits per heavy atom. The number of nitrogens with zero attached hydrogens (tertiary/aromatic N) is 1. The Labute approximate surface area is 126 Å².